The van der Waals surface area contributed by atoms with Crippen molar-refractivity contribution in [2.45, 2.75) is 64.7 Å². The summed E-state index contributed by atoms with van der Waals surface area (Å²) in [6, 6.07) is 8.51. The number of benzene rings is 1. The second-order valence-corrected chi connectivity index (χ2v) is 7.72. The number of pyridine rings is 1. The van der Waals surface area contributed by atoms with Crippen LogP contribution in [0.25, 0.3) is 10.9 Å². The van der Waals surface area contributed by atoms with Crippen molar-refractivity contribution in [3.63, 3.8) is 0 Å². The summed E-state index contributed by atoms with van der Waals surface area (Å²) < 4.78 is 2.07. The first-order chi connectivity index (χ1) is 10.7. The molecule has 0 bridgehead atoms. The van der Waals surface area contributed by atoms with E-state index in [1.54, 1.807) is 0 Å². The van der Waals surface area contributed by atoms with E-state index in [0.29, 0.717) is 0 Å². The molecule has 0 N–H and O–H groups in total. The predicted octanol–water partition coefficient (Wildman–Crippen LogP) is 7.44. The predicted molar refractivity (Wildman–Crippen MR) is 103 cm³/mol. The average molecular weight is 427 g/mol. The molecule has 3 heteroatoms. The van der Waals surface area contributed by atoms with E-state index in [9.17, 15) is 0 Å². The van der Waals surface area contributed by atoms with Gasteiger partial charge in [0.2, 0.25) is 0 Å². The summed E-state index contributed by atoms with van der Waals surface area (Å²) in [6.45, 7) is 2.27. The lowest BCUT2D eigenvalue weighted by atomic mass is 10.0. The topological polar surface area (TPSA) is 12.9 Å². The van der Waals surface area contributed by atoms with Crippen molar-refractivity contribution in [3.8, 4) is 0 Å². The molecule has 0 aliphatic rings. The average Bonchev–Trinajstić information content (AvgIpc) is 2.50. The number of aryl methyl sites for hydroxylation is 1. The molecule has 1 aromatic heterocycles. The second kappa shape index (κ2) is 9.67. The Morgan fingerprint density at radius 2 is 1.55 bits per heavy atom. The molecule has 2 rings (SSSR count). The summed E-state index contributed by atoms with van der Waals surface area (Å²) >= 11 is 7.11. The van der Waals surface area contributed by atoms with Gasteiger partial charge >= 0.3 is 0 Å². The lowest BCUT2D eigenvalue weighted by Crippen LogP contribution is -1.92. The Hall–Kier alpha value is -0.410. The fraction of sp³-hybridized carbons (Fsp3) is 0.526. The van der Waals surface area contributed by atoms with E-state index in [-0.39, 0.29) is 0 Å². The van der Waals surface area contributed by atoms with Crippen molar-refractivity contribution in [2.75, 3.05) is 0 Å². The van der Waals surface area contributed by atoms with E-state index in [4.69, 9.17) is 0 Å². The fourth-order valence-electron chi connectivity index (χ4n) is 2.89. The third kappa shape index (κ3) is 5.66. The fourth-order valence-corrected chi connectivity index (χ4v) is 3.72. The van der Waals surface area contributed by atoms with Gasteiger partial charge in [-0.3, -0.25) is 0 Å². The van der Waals surface area contributed by atoms with Crippen molar-refractivity contribution >= 4 is 42.8 Å². The highest BCUT2D eigenvalue weighted by atomic mass is 79.9. The van der Waals surface area contributed by atoms with E-state index in [0.717, 1.165) is 21.0 Å². The van der Waals surface area contributed by atoms with Crippen LogP contribution in [-0.2, 0) is 6.42 Å². The number of fused-ring (bicyclic) bond motifs is 1. The van der Waals surface area contributed by atoms with Gasteiger partial charge in [-0.2, -0.15) is 0 Å². The molecule has 0 spiro atoms. The molecule has 1 nitrogen and oxygen atoms in total. The van der Waals surface area contributed by atoms with Crippen LogP contribution in [0.4, 0.5) is 0 Å². The van der Waals surface area contributed by atoms with Crippen LogP contribution in [0.1, 0.15) is 63.9 Å². The first-order valence-electron chi connectivity index (χ1n) is 8.45. The van der Waals surface area contributed by atoms with Gasteiger partial charge < -0.3 is 0 Å². The minimum atomic E-state index is 0.942. The number of unbranched alkanes of at least 4 members (excludes halogenated alkanes) is 7. The lowest BCUT2D eigenvalue weighted by Gasteiger charge is -2.08. The molecule has 22 heavy (non-hydrogen) atoms. The molecular formula is C19H25Br2N. The van der Waals surface area contributed by atoms with Gasteiger partial charge in [-0.05, 0) is 58.6 Å². The minimum Gasteiger partial charge on any atom is -0.241 e. The van der Waals surface area contributed by atoms with Crippen molar-refractivity contribution < 1.29 is 0 Å². The number of hydrogen-bond donors (Lipinski definition) is 0. The van der Waals surface area contributed by atoms with Gasteiger partial charge in [0.1, 0.15) is 4.60 Å². The molecule has 2 aromatic rings. The number of hydrogen-bond acceptors (Lipinski definition) is 1. The zero-order chi connectivity index (χ0) is 15.8. The molecule has 0 aliphatic carbocycles. The van der Waals surface area contributed by atoms with E-state index in [1.165, 1.54) is 62.3 Å². The molecule has 0 unspecified atom stereocenters. The highest BCUT2D eigenvalue weighted by molar-refractivity contribution is 9.10. The summed E-state index contributed by atoms with van der Waals surface area (Å²) in [5.41, 5.74) is 2.48. The quantitative estimate of drug-likeness (QED) is 0.299. The third-order valence-electron chi connectivity index (χ3n) is 4.12. The first kappa shape index (κ1) is 17.9. The molecule has 0 fully saturated rings. The molecule has 0 amide bonds. The van der Waals surface area contributed by atoms with E-state index in [1.807, 2.05) is 0 Å². The maximum Gasteiger partial charge on any atom is 0.107 e. The summed E-state index contributed by atoms with van der Waals surface area (Å²) in [6.07, 6.45) is 12.1. The van der Waals surface area contributed by atoms with E-state index in [2.05, 4.69) is 68.0 Å². The minimum absolute atomic E-state index is 0.942. The molecule has 0 atom stereocenters. The van der Waals surface area contributed by atoms with Crippen LogP contribution in [0.2, 0.25) is 0 Å². The zero-order valence-electron chi connectivity index (χ0n) is 13.4. The second-order valence-electron chi connectivity index (χ2n) is 5.99. The van der Waals surface area contributed by atoms with Gasteiger partial charge in [0.15, 0.2) is 0 Å². The Morgan fingerprint density at radius 3 is 2.27 bits per heavy atom. The summed E-state index contributed by atoms with van der Waals surface area (Å²) in [7, 11) is 0. The maximum atomic E-state index is 4.56. The van der Waals surface area contributed by atoms with Gasteiger partial charge in [-0.15, -0.1) is 0 Å². The molecule has 0 saturated carbocycles. The lowest BCUT2D eigenvalue weighted by molar-refractivity contribution is 0.576. The highest BCUT2D eigenvalue weighted by Gasteiger charge is 2.05. The van der Waals surface area contributed by atoms with Gasteiger partial charge in [0.25, 0.3) is 0 Å². The van der Waals surface area contributed by atoms with Crippen LogP contribution in [0.3, 0.4) is 0 Å². The Morgan fingerprint density at radius 1 is 0.864 bits per heavy atom. The van der Waals surface area contributed by atoms with Gasteiger partial charge in [-0.25, -0.2) is 4.98 Å². The highest BCUT2D eigenvalue weighted by Crippen LogP contribution is 2.26. The largest absolute Gasteiger partial charge is 0.241 e. The normalized spacial score (nSPS) is 11.2. The molecule has 120 valence electrons. The number of halogens is 2. The van der Waals surface area contributed by atoms with Crippen LogP contribution in [0.5, 0.6) is 0 Å². The van der Waals surface area contributed by atoms with Gasteiger partial charge in [-0.1, -0.05) is 67.8 Å². The molecule has 0 saturated heterocycles. The third-order valence-corrected chi connectivity index (χ3v) is 5.02. The van der Waals surface area contributed by atoms with E-state index >= 15 is 0 Å². The van der Waals surface area contributed by atoms with Crippen molar-refractivity contribution in [3.05, 3.63) is 38.9 Å². The van der Waals surface area contributed by atoms with Crippen LogP contribution >= 0.6 is 31.9 Å². The molecule has 0 radical (unpaired) electrons. The maximum absolute atomic E-state index is 4.56. The van der Waals surface area contributed by atoms with Gasteiger partial charge in [0.05, 0.1) is 5.52 Å². The van der Waals surface area contributed by atoms with Crippen LogP contribution < -0.4 is 0 Å². The number of nitrogens with zero attached hydrogens (tertiary/aromatic N) is 1. The molecule has 0 aliphatic heterocycles. The smallest absolute Gasteiger partial charge is 0.107 e. The van der Waals surface area contributed by atoms with Crippen LogP contribution in [0, 0.1) is 0 Å². The van der Waals surface area contributed by atoms with E-state index < -0.39 is 0 Å². The monoisotopic (exact) mass is 425 g/mol. The molecular weight excluding hydrogens is 402 g/mol. The zero-order valence-corrected chi connectivity index (χ0v) is 16.5. The van der Waals surface area contributed by atoms with Crippen molar-refractivity contribution in [1.82, 2.24) is 4.98 Å². The van der Waals surface area contributed by atoms with Crippen LogP contribution in [0.15, 0.2) is 33.3 Å². The summed E-state index contributed by atoms with van der Waals surface area (Å²) in [4.78, 5) is 4.56. The Bertz CT molecular complexity index is 595. The first-order valence-corrected chi connectivity index (χ1v) is 10.0. The Kier molecular flexibility index (Phi) is 7.88. The molecule has 1 heterocycles. The Balaban J connectivity index is 1.85. The van der Waals surface area contributed by atoms with Crippen molar-refractivity contribution in [2.24, 2.45) is 0 Å². The van der Waals surface area contributed by atoms with Crippen LogP contribution in [-0.4, -0.2) is 4.98 Å². The van der Waals surface area contributed by atoms with Crippen molar-refractivity contribution in [1.29, 1.82) is 0 Å². The number of aromatic nitrogens is 1. The van der Waals surface area contributed by atoms with Gasteiger partial charge in [0, 0.05) is 9.86 Å². The summed E-state index contributed by atoms with van der Waals surface area (Å²) in [5, 5.41) is 1.28. The molecule has 1 aromatic carbocycles. The SMILES string of the molecule is CCCCCCCCCCc1cc(Br)nc2ccc(Br)cc12. The number of rotatable bonds is 9. The standard InChI is InChI=1S/C19H25Br2N/c1-2-3-4-5-6-7-8-9-10-15-13-19(21)22-18-12-11-16(20)14-17(15)18/h11-14H,2-10H2,1H3. The summed E-state index contributed by atoms with van der Waals surface area (Å²) in [5.74, 6) is 0. The Labute approximate surface area is 151 Å².